The molecule has 1 aromatic carbocycles. The Kier molecular flexibility index (Phi) is 2.44. The fourth-order valence-corrected chi connectivity index (χ4v) is 1.62. The molecule has 0 aliphatic heterocycles. The molecule has 0 saturated carbocycles. The van der Waals surface area contributed by atoms with E-state index in [2.05, 4.69) is 10.3 Å². The van der Waals surface area contributed by atoms with Crippen LogP contribution in [0.25, 0.3) is 11.3 Å². The van der Waals surface area contributed by atoms with E-state index in [-0.39, 0.29) is 5.56 Å². The summed E-state index contributed by atoms with van der Waals surface area (Å²) in [6, 6.07) is 5.00. The predicted molar refractivity (Wildman–Crippen MR) is 58.1 cm³/mol. The summed E-state index contributed by atoms with van der Waals surface area (Å²) in [6.45, 7) is 1.87. The zero-order chi connectivity index (χ0) is 11.7. The van der Waals surface area contributed by atoms with Gasteiger partial charge in [0.25, 0.3) is 0 Å². The van der Waals surface area contributed by atoms with Gasteiger partial charge in [-0.15, -0.1) is 5.10 Å². The van der Waals surface area contributed by atoms with Crippen LogP contribution in [0.1, 0.15) is 15.9 Å². The molecule has 1 heterocycles. The van der Waals surface area contributed by atoms with Gasteiger partial charge in [-0.2, -0.15) is 0 Å². The smallest absolute Gasteiger partial charge is 0.335 e. The van der Waals surface area contributed by atoms with E-state index in [0.717, 1.165) is 16.8 Å². The van der Waals surface area contributed by atoms with Crippen molar-refractivity contribution in [2.24, 2.45) is 7.05 Å². The molecular formula is C11H11N3O2. The number of nitrogens with zero attached hydrogens (tertiary/aromatic N) is 3. The number of carboxylic acid groups (broad SMARTS) is 1. The molecule has 0 aliphatic carbocycles. The normalized spacial score (nSPS) is 10.4. The maximum Gasteiger partial charge on any atom is 0.335 e. The Labute approximate surface area is 92.3 Å². The number of hydrogen-bond acceptors (Lipinski definition) is 3. The molecule has 82 valence electrons. The van der Waals surface area contributed by atoms with Crippen LogP contribution in [-0.4, -0.2) is 26.1 Å². The van der Waals surface area contributed by atoms with Crippen molar-refractivity contribution in [1.82, 2.24) is 15.0 Å². The van der Waals surface area contributed by atoms with Crippen molar-refractivity contribution in [2.75, 3.05) is 0 Å². The molecule has 5 heteroatoms. The van der Waals surface area contributed by atoms with Gasteiger partial charge in [0.1, 0.15) is 0 Å². The summed E-state index contributed by atoms with van der Waals surface area (Å²) in [5.41, 5.74) is 2.99. The van der Waals surface area contributed by atoms with Gasteiger partial charge in [-0.1, -0.05) is 11.3 Å². The minimum Gasteiger partial charge on any atom is -0.478 e. The van der Waals surface area contributed by atoms with E-state index in [1.807, 2.05) is 6.92 Å². The van der Waals surface area contributed by atoms with Crippen LogP contribution in [0.5, 0.6) is 0 Å². The number of aryl methyl sites for hydroxylation is 2. The highest BCUT2D eigenvalue weighted by Crippen LogP contribution is 2.22. The van der Waals surface area contributed by atoms with E-state index in [4.69, 9.17) is 5.11 Å². The average molecular weight is 217 g/mol. The van der Waals surface area contributed by atoms with Gasteiger partial charge in [-0.05, 0) is 24.6 Å². The minimum atomic E-state index is -0.919. The molecule has 0 radical (unpaired) electrons. The Balaban J connectivity index is 2.52. The summed E-state index contributed by atoms with van der Waals surface area (Å²) in [5, 5.41) is 16.5. The van der Waals surface area contributed by atoms with Crippen LogP contribution >= 0.6 is 0 Å². The number of hydrogen-bond donors (Lipinski definition) is 1. The zero-order valence-electron chi connectivity index (χ0n) is 9.01. The Bertz CT molecular complexity index is 546. The summed E-state index contributed by atoms with van der Waals surface area (Å²) < 4.78 is 1.66. The Hall–Kier alpha value is -2.17. The molecule has 0 bridgehead atoms. The van der Waals surface area contributed by atoms with E-state index in [1.165, 1.54) is 0 Å². The number of carbonyl (C=O) groups is 1. The third kappa shape index (κ3) is 1.67. The first-order chi connectivity index (χ1) is 7.59. The van der Waals surface area contributed by atoms with E-state index in [1.54, 1.807) is 36.1 Å². The molecule has 0 saturated heterocycles. The van der Waals surface area contributed by atoms with Crippen LogP contribution in [0.2, 0.25) is 0 Å². The van der Waals surface area contributed by atoms with Crippen molar-refractivity contribution in [1.29, 1.82) is 0 Å². The molecule has 0 aliphatic rings. The fraction of sp³-hybridized carbons (Fsp3) is 0.182. The average Bonchev–Trinajstić information content (AvgIpc) is 2.64. The van der Waals surface area contributed by atoms with Crippen LogP contribution < -0.4 is 0 Å². The van der Waals surface area contributed by atoms with Gasteiger partial charge in [0.05, 0.1) is 17.5 Å². The van der Waals surface area contributed by atoms with Gasteiger partial charge in [-0.3, -0.25) is 0 Å². The van der Waals surface area contributed by atoms with Gasteiger partial charge < -0.3 is 5.11 Å². The summed E-state index contributed by atoms with van der Waals surface area (Å²) >= 11 is 0. The number of carboxylic acids is 1. The van der Waals surface area contributed by atoms with Gasteiger partial charge in [-0.25, -0.2) is 9.48 Å². The maximum atomic E-state index is 10.8. The highest BCUT2D eigenvalue weighted by Gasteiger charge is 2.09. The minimum absolute atomic E-state index is 0.288. The second-order valence-electron chi connectivity index (χ2n) is 3.58. The fourth-order valence-electron chi connectivity index (χ4n) is 1.62. The highest BCUT2D eigenvalue weighted by molar-refractivity contribution is 5.88. The third-order valence-corrected chi connectivity index (χ3v) is 2.46. The van der Waals surface area contributed by atoms with Gasteiger partial charge in [0, 0.05) is 12.6 Å². The molecule has 5 nitrogen and oxygen atoms in total. The third-order valence-electron chi connectivity index (χ3n) is 2.46. The zero-order valence-corrected chi connectivity index (χ0v) is 9.01. The Morgan fingerprint density at radius 1 is 1.44 bits per heavy atom. The molecule has 0 spiro atoms. The first-order valence-electron chi connectivity index (χ1n) is 4.78. The van der Waals surface area contributed by atoms with E-state index in [0.29, 0.717) is 0 Å². The lowest BCUT2D eigenvalue weighted by Gasteiger charge is -2.06. The SMILES string of the molecule is Cc1cc(C(=O)O)ccc1-c1cnnn1C. The van der Waals surface area contributed by atoms with Gasteiger partial charge >= 0.3 is 5.97 Å². The van der Waals surface area contributed by atoms with Crippen LogP contribution in [-0.2, 0) is 7.05 Å². The second-order valence-corrected chi connectivity index (χ2v) is 3.58. The second kappa shape index (κ2) is 3.77. The lowest BCUT2D eigenvalue weighted by atomic mass is 10.0. The molecular weight excluding hydrogens is 206 g/mol. The summed E-state index contributed by atoms with van der Waals surface area (Å²) in [4.78, 5) is 10.8. The van der Waals surface area contributed by atoms with Crippen LogP contribution in [0.15, 0.2) is 24.4 Å². The van der Waals surface area contributed by atoms with Crippen LogP contribution in [0.4, 0.5) is 0 Å². The standard InChI is InChI=1S/C11H11N3O2/c1-7-5-8(11(15)16)3-4-9(7)10-6-12-13-14(10)2/h3-6H,1-2H3,(H,15,16). The van der Waals surface area contributed by atoms with Crippen LogP contribution in [0.3, 0.4) is 0 Å². The summed E-state index contributed by atoms with van der Waals surface area (Å²) in [7, 11) is 1.80. The summed E-state index contributed by atoms with van der Waals surface area (Å²) in [6.07, 6.45) is 1.66. The first kappa shape index (κ1) is 10.4. The van der Waals surface area contributed by atoms with Crippen molar-refractivity contribution in [3.8, 4) is 11.3 Å². The quantitative estimate of drug-likeness (QED) is 0.827. The molecule has 0 fully saturated rings. The number of rotatable bonds is 2. The predicted octanol–water partition coefficient (Wildman–Crippen LogP) is 1.49. The number of benzene rings is 1. The lowest BCUT2D eigenvalue weighted by molar-refractivity contribution is 0.0697. The number of aromatic nitrogens is 3. The molecule has 0 amide bonds. The Morgan fingerprint density at radius 2 is 2.19 bits per heavy atom. The van der Waals surface area contributed by atoms with Crippen molar-refractivity contribution in [2.45, 2.75) is 6.92 Å². The molecule has 1 N–H and O–H groups in total. The van der Waals surface area contributed by atoms with E-state index >= 15 is 0 Å². The molecule has 0 atom stereocenters. The highest BCUT2D eigenvalue weighted by atomic mass is 16.4. The van der Waals surface area contributed by atoms with Gasteiger partial charge in [0.2, 0.25) is 0 Å². The Morgan fingerprint density at radius 3 is 2.69 bits per heavy atom. The molecule has 1 aromatic heterocycles. The lowest BCUT2D eigenvalue weighted by Crippen LogP contribution is -1.99. The first-order valence-corrected chi connectivity index (χ1v) is 4.78. The largest absolute Gasteiger partial charge is 0.478 e. The van der Waals surface area contributed by atoms with Gasteiger partial charge in [0.15, 0.2) is 0 Å². The maximum absolute atomic E-state index is 10.8. The van der Waals surface area contributed by atoms with Crippen molar-refractivity contribution in [3.05, 3.63) is 35.5 Å². The molecule has 16 heavy (non-hydrogen) atoms. The van der Waals surface area contributed by atoms with Crippen molar-refractivity contribution in [3.63, 3.8) is 0 Å². The van der Waals surface area contributed by atoms with Crippen molar-refractivity contribution >= 4 is 5.97 Å². The van der Waals surface area contributed by atoms with Crippen LogP contribution in [0, 0.1) is 6.92 Å². The molecule has 2 aromatic rings. The van der Waals surface area contributed by atoms with Crippen molar-refractivity contribution < 1.29 is 9.90 Å². The van der Waals surface area contributed by atoms with E-state index in [9.17, 15) is 4.79 Å². The monoisotopic (exact) mass is 217 g/mol. The molecule has 0 unspecified atom stereocenters. The van der Waals surface area contributed by atoms with E-state index < -0.39 is 5.97 Å². The topological polar surface area (TPSA) is 68.0 Å². The molecule has 2 rings (SSSR count). The summed E-state index contributed by atoms with van der Waals surface area (Å²) in [5.74, 6) is -0.919. The number of aromatic carboxylic acids is 1.